The summed E-state index contributed by atoms with van der Waals surface area (Å²) in [7, 11) is 0. The van der Waals surface area contributed by atoms with Crippen molar-refractivity contribution in [2.75, 3.05) is 26.3 Å². The molecule has 2 aliphatic rings. The third-order valence-electron chi connectivity index (χ3n) is 3.92. The summed E-state index contributed by atoms with van der Waals surface area (Å²) >= 11 is 0. The molecule has 3 nitrogen and oxygen atoms in total. The Morgan fingerprint density at radius 3 is 2.53 bits per heavy atom. The van der Waals surface area contributed by atoms with E-state index in [0.717, 1.165) is 13.2 Å². The molecule has 0 N–H and O–H groups in total. The predicted octanol–water partition coefficient (Wildman–Crippen LogP) is 2.00. The summed E-state index contributed by atoms with van der Waals surface area (Å²) in [4.78, 5) is 7.06. The zero-order chi connectivity index (χ0) is 11.8. The fourth-order valence-corrected chi connectivity index (χ4v) is 2.46. The van der Waals surface area contributed by atoms with E-state index in [9.17, 15) is 0 Å². The summed E-state index contributed by atoms with van der Waals surface area (Å²) in [5, 5.41) is 0. The van der Waals surface area contributed by atoms with Gasteiger partial charge in [0.2, 0.25) is 0 Å². The molecule has 92 valence electrons. The van der Waals surface area contributed by atoms with Gasteiger partial charge >= 0.3 is 0 Å². The van der Waals surface area contributed by atoms with Crippen LogP contribution in [-0.2, 0) is 4.74 Å². The van der Waals surface area contributed by atoms with Crippen LogP contribution >= 0.6 is 0 Å². The van der Waals surface area contributed by atoms with Crippen LogP contribution in [0.15, 0.2) is 18.3 Å². The van der Waals surface area contributed by atoms with Gasteiger partial charge in [-0.25, -0.2) is 0 Å². The number of pyridine rings is 1. The van der Waals surface area contributed by atoms with E-state index in [0.29, 0.717) is 17.9 Å². The first-order chi connectivity index (χ1) is 8.24. The summed E-state index contributed by atoms with van der Waals surface area (Å²) in [5.74, 6) is 1.21. The Kier molecular flexibility index (Phi) is 2.89. The van der Waals surface area contributed by atoms with Crippen LogP contribution < -0.4 is 0 Å². The number of nitrogens with zero attached hydrogens (tertiary/aromatic N) is 2. The van der Waals surface area contributed by atoms with E-state index in [1.54, 1.807) is 0 Å². The second-order valence-corrected chi connectivity index (χ2v) is 5.51. The summed E-state index contributed by atoms with van der Waals surface area (Å²) in [5.41, 5.74) is 2.59. The maximum Gasteiger partial charge on any atom is 0.0645 e. The number of hydrogen-bond donors (Lipinski definition) is 0. The molecule has 0 spiro atoms. The average Bonchev–Trinajstić information content (AvgIpc) is 2.20. The van der Waals surface area contributed by atoms with Gasteiger partial charge in [0.15, 0.2) is 0 Å². The fraction of sp³-hybridized carbons (Fsp3) is 0.643. The number of likely N-dealkylation sites (tertiary alicyclic amines) is 1. The number of rotatable bonds is 3. The number of hydrogen-bond acceptors (Lipinski definition) is 3. The van der Waals surface area contributed by atoms with E-state index in [1.165, 1.54) is 24.3 Å². The van der Waals surface area contributed by atoms with Crippen molar-refractivity contribution in [3.05, 3.63) is 29.6 Å². The molecular weight excluding hydrogens is 212 g/mol. The van der Waals surface area contributed by atoms with Crippen LogP contribution in [0.2, 0.25) is 0 Å². The molecule has 0 aromatic carbocycles. The monoisotopic (exact) mass is 232 g/mol. The second-order valence-electron chi connectivity index (χ2n) is 5.51. The maximum atomic E-state index is 5.22. The van der Waals surface area contributed by atoms with Crippen LogP contribution in [0.25, 0.3) is 0 Å². The van der Waals surface area contributed by atoms with Gasteiger partial charge in [-0.2, -0.15) is 0 Å². The first-order valence-corrected chi connectivity index (χ1v) is 6.51. The minimum absolute atomic E-state index is 0.522. The smallest absolute Gasteiger partial charge is 0.0645 e. The highest BCUT2D eigenvalue weighted by Crippen LogP contribution is 2.30. The van der Waals surface area contributed by atoms with E-state index >= 15 is 0 Å². The molecule has 0 radical (unpaired) electrons. The van der Waals surface area contributed by atoms with Crippen molar-refractivity contribution >= 4 is 0 Å². The van der Waals surface area contributed by atoms with Gasteiger partial charge in [-0.3, -0.25) is 9.88 Å². The summed E-state index contributed by atoms with van der Waals surface area (Å²) < 4.78 is 5.22. The third-order valence-corrected chi connectivity index (χ3v) is 3.92. The fourth-order valence-electron chi connectivity index (χ4n) is 2.46. The van der Waals surface area contributed by atoms with Gasteiger partial charge in [-0.05, 0) is 17.5 Å². The lowest BCUT2D eigenvalue weighted by Crippen LogP contribution is -2.58. The molecule has 2 saturated heterocycles. The molecule has 2 fully saturated rings. The van der Waals surface area contributed by atoms with Gasteiger partial charge in [-0.15, -0.1) is 0 Å². The first-order valence-electron chi connectivity index (χ1n) is 6.51. The molecule has 3 rings (SSSR count). The van der Waals surface area contributed by atoms with Crippen LogP contribution in [0.1, 0.15) is 36.9 Å². The van der Waals surface area contributed by atoms with Crippen molar-refractivity contribution in [2.45, 2.75) is 31.7 Å². The molecular formula is C14H20N2O. The van der Waals surface area contributed by atoms with Crippen molar-refractivity contribution in [3.8, 4) is 0 Å². The van der Waals surface area contributed by atoms with E-state index in [-0.39, 0.29) is 0 Å². The van der Waals surface area contributed by atoms with Gasteiger partial charge < -0.3 is 4.74 Å². The van der Waals surface area contributed by atoms with E-state index in [4.69, 9.17) is 4.74 Å². The van der Waals surface area contributed by atoms with Crippen LogP contribution in [0.4, 0.5) is 0 Å². The van der Waals surface area contributed by atoms with Crippen molar-refractivity contribution in [1.82, 2.24) is 9.88 Å². The van der Waals surface area contributed by atoms with Gasteiger partial charge in [0.05, 0.1) is 19.3 Å². The largest absolute Gasteiger partial charge is 0.378 e. The van der Waals surface area contributed by atoms with Gasteiger partial charge in [-0.1, -0.05) is 19.9 Å². The topological polar surface area (TPSA) is 25.4 Å². The minimum Gasteiger partial charge on any atom is -0.378 e. The van der Waals surface area contributed by atoms with E-state index < -0.39 is 0 Å². The molecule has 1 aromatic heterocycles. The van der Waals surface area contributed by atoms with Gasteiger partial charge in [0.1, 0.15) is 0 Å². The first kappa shape index (κ1) is 11.2. The summed E-state index contributed by atoms with van der Waals surface area (Å²) in [6, 6.07) is 5.12. The second kappa shape index (κ2) is 4.39. The molecule has 1 aromatic rings. The Bertz CT molecular complexity index is 378. The number of ether oxygens (including phenoxy) is 1. The minimum atomic E-state index is 0.522. The molecule has 0 unspecified atom stereocenters. The van der Waals surface area contributed by atoms with Crippen LogP contribution in [0.5, 0.6) is 0 Å². The molecule has 3 heteroatoms. The highest BCUT2D eigenvalue weighted by molar-refractivity contribution is 5.23. The SMILES string of the molecule is CC(C)c1ccc(C2CN(C3COC3)C2)cn1. The lowest BCUT2D eigenvalue weighted by Gasteiger charge is -2.47. The Morgan fingerprint density at radius 1 is 1.29 bits per heavy atom. The summed E-state index contributed by atoms with van der Waals surface area (Å²) in [6.45, 7) is 8.58. The molecule has 2 aliphatic heterocycles. The van der Waals surface area contributed by atoms with Crippen molar-refractivity contribution < 1.29 is 4.74 Å². The lowest BCUT2D eigenvalue weighted by atomic mass is 9.90. The Balaban J connectivity index is 1.58. The molecule has 0 bridgehead atoms. The predicted molar refractivity (Wildman–Crippen MR) is 67.2 cm³/mol. The zero-order valence-corrected chi connectivity index (χ0v) is 10.6. The highest BCUT2D eigenvalue weighted by atomic mass is 16.5. The number of aromatic nitrogens is 1. The molecule has 0 atom stereocenters. The Hall–Kier alpha value is -0.930. The summed E-state index contributed by atoms with van der Waals surface area (Å²) in [6.07, 6.45) is 2.06. The highest BCUT2D eigenvalue weighted by Gasteiger charge is 2.36. The maximum absolute atomic E-state index is 5.22. The molecule has 0 saturated carbocycles. The quantitative estimate of drug-likeness (QED) is 0.797. The van der Waals surface area contributed by atoms with Crippen molar-refractivity contribution in [1.29, 1.82) is 0 Å². The average molecular weight is 232 g/mol. The van der Waals surface area contributed by atoms with Crippen LogP contribution in [-0.4, -0.2) is 42.2 Å². The Morgan fingerprint density at radius 2 is 2.06 bits per heavy atom. The van der Waals surface area contributed by atoms with Crippen LogP contribution in [0.3, 0.4) is 0 Å². The van der Waals surface area contributed by atoms with Crippen molar-refractivity contribution in [3.63, 3.8) is 0 Å². The molecule has 17 heavy (non-hydrogen) atoms. The molecule has 0 aliphatic carbocycles. The molecule has 3 heterocycles. The zero-order valence-electron chi connectivity index (χ0n) is 10.6. The standard InChI is InChI=1S/C14H20N2O/c1-10(2)14-4-3-11(5-15-14)12-6-16(7-12)13-8-17-9-13/h3-5,10,12-13H,6-9H2,1-2H3. The Labute approximate surface area is 103 Å². The van der Waals surface area contributed by atoms with E-state index in [2.05, 4.69) is 42.1 Å². The molecule has 0 amide bonds. The third kappa shape index (κ3) is 2.09. The normalized spacial score (nSPS) is 22.5. The lowest BCUT2D eigenvalue weighted by molar-refractivity contribution is -0.0906. The van der Waals surface area contributed by atoms with Gasteiger partial charge in [0.25, 0.3) is 0 Å². The van der Waals surface area contributed by atoms with E-state index in [1.807, 2.05) is 0 Å². The van der Waals surface area contributed by atoms with Crippen molar-refractivity contribution in [2.24, 2.45) is 0 Å². The van der Waals surface area contributed by atoms with Crippen LogP contribution in [0, 0.1) is 0 Å². The van der Waals surface area contributed by atoms with Gasteiger partial charge in [0, 0.05) is 30.9 Å².